The Hall–Kier alpha value is -0.600. The number of hydrogen-bond donors (Lipinski definition) is 2. The minimum atomic E-state index is -0.432. The molecule has 8 atom stereocenters. The van der Waals surface area contributed by atoms with E-state index in [4.69, 9.17) is 0 Å². The molecule has 3 aliphatic carbocycles. The van der Waals surface area contributed by atoms with Gasteiger partial charge in [-0.25, -0.2) is 0 Å². The summed E-state index contributed by atoms with van der Waals surface area (Å²) in [5.41, 5.74) is 2.39. The summed E-state index contributed by atoms with van der Waals surface area (Å²) < 4.78 is 0. The lowest BCUT2D eigenvalue weighted by atomic mass is 9.46. The molecule has 0 aliphatic heterocycles. The van der Waals surface area contributed by atoms with Crippen LogP contribution in [0.3, 0.4) is 0 Å². The van der Waals surface area contributed by atoms with Crippen molar-refractivity contribution in [3.05, 3.63) is 23.8 Å². The molecule has 0 bridgehead atoms. The summed E-state index contributed by atoms with van der Waals surface area (Å²) in [6.07, 6.45) is 5.38. The molecule has 3 saturated carbocycles. The highest BCUT2D eigenvalue weighted by Crippen LogP contribution is 2.73. The van der Waals surface area contributed by atoms with Crippen molar-refractivity contribution in [3.63, 3.8) is 0 Å². The zero-order valence-corrected chi connectivity index (χ0v) is 14.5. The molecule has 2 N–H and O–H groups in total. The molecular weight excluding hydrogens is 272 g/mol. The molecule has 3 rings (SSSR count). The van der Waals surface area contributed by atoms with E-state index in [1.165, 1.54) is 12.8 Å². The van der Waals surface area contributed by atoms with Crippen molar-refractivity contribution in [2.24, 2.45) is 35.0 Å². The van der Waals surface area contributed by atoms with E-state index >= 15 is 0 Å². The van der Waals surface area contributed by atoms with Crippen LogP contribution in [0.5, 0.6) is 0 Å². The third-order valence-electron chi connectivity index (χ3n) is 7.14. The van der Waals surface area contributed by atoms with Crippen molar-refractivity contribution >= 4 is 0 Å². The molecule has 22 heavy (non-hydrogen) atoms. The monoisotopic (exact) mass is 304 g/mol. The molecule has 124 valence electrons. The van der Waals surface area contributed by atoms with E-state index in [-0.39, 0.29) is 11.5 Å². The molecule has 0 amide bonds. The molecular formula is C20H32O2. The second-order valence-corrected chi connectivity index (χ2v) is 8.66. The first kappa shape index (κ1) is 16.3. The summed E-state index contributed by atoms with van der Waals surface area (Å²) >= 11 is 0. The highest BCUT2D eigenvalue weighted by molar-refractivity contribution is 5.24. The van der Waals surface area contributed by atoms with Gasteiger partial charge in [-0.05, 0) is 62.7 Å². The lowest BCUT2D eigenvalue weighted by Gasteiger charge is -2.58. The molecule has 0 aromatic rings. The molecule has 0 heterocycles. The van der Waals surface area contributed by atoms with Crippen molar-refractivity contribution in [2.75, 3.05) is 0 Å². The van der Waals surface area contributed by atoms with Gasteiger partial charge in [0.1, 0.15) is 0 Å². The Balaban J connectivity index is 1.75. The fourth-order valence-electron chi connectivity index (χ4n) is 6.19. The number of allylic oxidation sites excluding steroid dienone is 1. The minimum Gasteiger partial charge on any atom is -0.393 e. The van der Waals surface area contributed by atoms with Crippen LogP contribution in [0.4, 0.5) is 0 Å². The maximum atomic E-state index is 10.7. The van der Waals surface area contributed by atoms with Crippen LogP contribution in [0.15, 0.2) is 23.8 Å². The van der Waals surface area contributed by atoms with E-state index in [1.54, 1.807) is 0 Å². The van der Waals surface area contributed by atoms with E-state index in [0.29, 0.717) is 24.2 Å². The number of aliphatic hydroxyl groups is 2. The van der Waals surface area contributed by atoms with Crippen LogP contribution in [-0.2, 0) is 0 Å². The van der Waals surface area contributed by atoms with Crippen molar-refractivity contribution < 1.29 is 10.2 Å². The van der Waals surface area contributed by atoms with Gasteiger partial charge in [0.05, 0.1) is 12.2 Å². The number of fused-ring (bicyclic) bond motifs is 4. The minimum absolute atomic E-state index is 0.102. The number of aliphatic hydroxyl groups excluding tert-OH is 2. The van der Waals surface area contributed by atoms with Gasteiger partial charge in [0.2, 0.25) is 0 Å². The first-order chi connectivity index (χ1) is 10.3. The van der Waals surface area contributed by atoms with Crippen LogP contribution in [0.2, 0.25) is 0 Å². The molecule has 0 aromatic carbocycles. The zero-order chi connectivity index (χ0) is 16.2. The summed E-state index contributed by atoms with van der Waals surface area (Å²) in [7, 11) is 0. The molecule has 2 nitrogen and oxygen atoms in total. The first-order valence-electron chi connectivity index (χ1n) is 8.95. The van der Waals surface area contributed by atoms with Crippen LogP contribution in [0.25, 0.3) is 0 Å². The molecule has 0 saturated heterocycles. The predicted octanol–water partition coefficient (Wildman–Crippen LogP) is 3.94. The average molecular weight is 304 g/mol. The van der Waals surface area contributed by atoms with Crippen LogP contribution in [0.1, 0.15) is 53.4 Å². The van der Waals surface area contributed by atoms with Crippen LogP contribution < -0.4 is 0 Å². The van der Waals surface area contributed by atoms with Gasteiger partial charge in [-0.2, -0.15) is 0 Å². The second-order valence-electron chi connectivity index (χ2n) is 8.66. The maximum absolute atomic E-state index is 10.7. The maximum Gasteiger partial charge on any atom is 0.0760 e. The molecule has 3 unspecified atom stereocenters. The highest BCUT2D eigenvalue weighted by Gasteiger charge is 2.70. The molecule has 2 heteroatoms. The van der Waals surface area contributed by atoms with E-state index in [9.17, 15) is 10.2 Å². The largest absolute Gasteiger partial charge is 0.393 e. The summed E-state index contributed by atoms with van der Waals surface area (Å²) in [6, 6.07) is 0. The smallest absolute Gasteiger partial charge is 0.0760 e. The van der Waals surface area contributed by atoms with Gasteiger partial charge in [0.15, 0.2) is 0 Å². The van der Waals surface area contributed by atoms with Gasteiger partial charge >= 0.3 is 0 Å². The lowest BCUT2D eigenvalue weighted by molar-refractivity contribution is -0.143. The third-order valence-corrected chi connectivity index (χ3v) is 7.14. The Labute approximate surface area is 135 Å². The Morgan fingerprint density at radius 3 is 2.68 bits per heavy atom. The summed E-state index contributed by atoms with van der Waals surface area (Å²) in [4.78, 5) is 0. The van der Waals surface area contributed by atoms with Gasteiger partial charge in [0, 0.05) is 5.41 Å². The lowest BCUT2D eigenvalue weighted by Crippen LogP contribution is -2.57. The average Bonchev–Trinajstić information content (AvgIpc) is 2.83. The first-order valence-corrected chi connectivity index (χ1v) is 8.95. The van der Waals surface area contributed by atoms with Gasteiger partial charge in [-0.1, -0.05) is 44.1 Å². The van der Waals surface area contributed by atoms with Gasteiger partial charge < -0.3 is 10.2 Å². The molecule has 3 fully saturated rings. The van der Waals surface area contributed by atoms with E-state index in [1.807, 2.05) is 19.9 Å². The topological polar surface area (TPSA) is 40.5 Å². The fraction of sp³-hybridized carbons (Fsp3) is 0.800. The van der Waals surface area contributed by atoms with E-state index < -0.39 is 6.10 Å². The Bertz CT molecular complexity index is 490. The molecule has 0 radical (unpaired) electrons. The van der Waals surface area contributed by atoms with E-state index in [0.717, 1.165) is 29.4 Å². The van der Waals surface area contributed by atoms with Gasteiger partial charge in [-0.15, -0.1) is 0 Å². The van der Waals surface area contributed by atoms with Crippen LogP contribution >= 0.6 is 0 Å². The zero-order valence-electron chi connectivity index (χ0n) is 14.5. The van der Waals surface area contributed by atoms with Crippen molar-refractivity contribution in [3.8, 4) is 0 Å². The van der Waals surface area contributed by atoms with E-state index in [2.05, 4.69) is 20.4 Å². The fourth-order valence-corrected chi connectivity index (χ4v) is 6.19. The van der Waals surface area contributed by atoms with Crippen molar-refractivity contribution in [1.29, 1.82) is 0 Å². The standard InChI is InChI=1S/C20H32O2/c1-11(2)8-14(21)9-13(4)15-10-17(22)20(5)16-7-6-12(3)18(16)19(15)20/h8,12,14-19,21-22H,4,6-7,9-10H2,1-3,5H3/t12-,14-,15+,16?,17?,18?,19+,20+/m1/s1. The van der Waals surface area contributed by atoms with Gasteiger partial charge in [0.25, 0.3) is 0 Å². The van der Waals surface area contributed by atoms with Crippen LogP contribution in [-0.4, -0.2) is 22.4 Å². The summed E-state index contributed by atoms with van der Waals surface area (Å²) in [6.45, 7) is 13.0. The van der Waals surface area contributed by atoms with Crippen LogP contribution in [0, 0.1) is 35.0 Å². The molecule has 0 spiro atoms. The Morgan fingerprint density at radius 2 is 2.05 bits per heavy atom. The Morgan fingerprint density at radius 1 is 1.36 bits per heavy atom. The number of rotatable bonds is 4. The van der Waals surface area contributed by atoms with Crippen molar-refractivity contribution in [2.45, 2.75) is 65.6 Å². The SMILES string of the molecule is C=C(C[C@H](O)C=C(C)C)[C@@H]1CC(O)[C@]2(C)C3CC[C@@H](C)C3[C@H]12. The Kier molecular flexibility index (Phi) is 4.06. The molecule has 3 aliphatic rings. The normalized spacial score (nSPS) is 47.4. The van der Waals surface area contributed by atoms with Gasteiger partial charge in [-0.3, -0.25) is 0 Å². The predicted molar refractivity (Wildman–Crippen MR) is 90.3 cm³/mol. The highest BCUT2D eigenvalue weighted by atomic mass is 16.3. The molecule has 0 aromatic heterocycles. The second kappa shape index (κ2) is 5.49. The summed E-state index contributed by atoms with van der Waals surface area (Å²) in [5.74, 6) is 3.23. The quantitative estimate of drug-likeness (QED) is 0.772. The van der Waals surface area contributed by atoms with Crippen molar-refractivity contribution in [1.82, 2.24) is 0 Å². The third kappa shape index (κ3) is 2.22. The summed E-state index contributed by atoms with van der Waals surface area (Å²) in [5, 5.41) is 20.9. The number of hydrogen-bond acceptors (Lipinski definition) is 2.